The van der Waals surface area contributed by atoms with Crippen LogP contribution in [0.4, 0.5) is 0 Å². The van der Waals surface area contributed by atoms with Crippen LogP contribution in [0.15, 0.2) is 58.3 Å². The fraction of sp³-hybridized carbons (Fsp3) is 0.286. The molecule has 1 unspecified atom stereocenters. The van der Waals surface area contributed by atoms with Crippen LogP contribution in [0.2, 0.25) is 0 Å². The smallest absolute Gasteiger partial charge is 0.331 e. The van der Waals surface area contributed by atoms with Crippen LogP contribution in [0.3, 0.4) is 0 Å². The first-order valence-electron chi connectivity index (χ1n) is 8.32. The van der Waals surface area contributed by atoms with Crippen molar-refractivity contribution in [1.82, 2.24) is 0 Å². The van der Waals surface area contributed by atoms with E-state index < -0.39 is 12.1 Å². The molecule has 0 aliphatic heterocycles. The molecule has 1 aliphatic rings. The molecule has 0 bridgehead atoms. The number of ether oxygens (including phenoxy) is 1. The molecule has 2 rings (SSSR count). The first kappa shape index (κ1) is 19.4. The number of hydrogen-bond donors (Lipinski definition) is 0. The van der Waals surface area contributed by atoms with Crippen molar-refractivity contribution in [1.29, 1.82) is 0 Å². The van der Waals surface area contributed by atoms with E-state index >= 15 is 0 Å². The second-order valence-electron chi connectivity index (χ2n) is 6.57. The van der Waals surface area contributed by atoms with Crippen molar-refractivity contribution in [2.75, 3.05) is 0 Å². The van der Waals surface area contributed by atoms with Crippen LogP contribution in [0.1, 0.15) is 51.5 Å². The fourth-order valence-corrected chi connectivity index (χ4v) is 2.37. The van der Waals surface area contributed by atoms with Crippen molar-refractivity contribution in [2.45, 2.75) is 40.2 Å². The van der Waals surface area contributed by atoms with E-state index in [-0.39, 0.29) is 22.9 Å². The number of esters is 1. The monoisotopic (exact) mass is 354 g/mol. The quantitative estimate of drug-likeness (QED) is 0.330. The lowest BCUT2D eigenvalue weighted by atomic mass is 10.0. The Morgan fingerprint density at radius 2 is 1.88 bits per heavy atom. The average molecular weight is 354 g/mol. The highest BCUT2D eigenvalue weighted by Gasteiger charge is 2.22. The Kier molecular flexibility index (Phi) is 6.28. The maximum absolute atomic E-state index is 12.0. The Labute approximate surface area is 152 Å². The van der Waals surface area contributed by atoms with Gasteiger partial charge in [-0.2, -0.15) is 0 Å². The summed E-state index contributed by atoms with van der Waals surface area (Å²) in [5, 5.41) is 0. The summed E-state index contributed by atoms with van der Waals surface area (Å²) >= 11 is 0. The van der Waals surface area contributed by atoms with Crippen LogP contribution in [-0.2, 0) is 19.1 Å². The Hall–Kier alpha value is -2.95. The minimum absolute atomic E-state index is 0.195. The van der Waals surface area contributed by atoms with Gasteiger partial charge in [-0.25, -0.2) is 4.79 Å². The number of ketones is 2. The van der Waals surface area contributed by atoms with Crippen molar-refractivity contribution < 1.29 is 23.5 Å². The van der Waals surface area contributed by atoms with E-state index in [1.165, 1.54) is 30.6 Å². The van der Waals surface area contributed by atoms with Crippen molar-refractivity contribution in [2.24, 2.45) is 0 Å². The van der Waals surface area contributed by atoms with E-state index in [1.807, 2.05) is 33.8 Å². The van der Waals surface area contributed by atoms with E-state index in [0.29, 0.717) is 12.0 Å². The standard InChI is InChI=1S/C21H22O5/c1-13(2)5-8-19(26-21(24)9-14(3)4)15-10-20(25-12-15)17-11-16(22)6-7-18(17)23/h5-7,9-12,19H,8H2,1-4H3. The Balaban J connectivity index is 2.28. The Morgan fingerprint density at radius 3 is 2.54 bits per heavy atom. The molecule has 1 aromatic rings. The summed E-state index contributed by atoms with van der Waals surface area (Å²) in [6, 6.07) is 1.63. The summed E-state index contributed by atoms with van der Waals surface area (Å²) in [4.78, 5) is 35.5. The van der Waals surface area contributed by atoms with Gasteiger partial charge in [0.15, 0.2) is 11.6 Å². The van der Waals surface area contributed by atoms with Gasteiger partial charge in [-0.3, -0.25) is 9.59 Å². The van der Waals surface area contributed by atoms with Crippen LogP contribution >= 0.6 is 0 Å². The first-order valence-corrected chi connectivity index (χ1v) is 8.32. The largest absolute Gasteiger partial charge is 0.464 e. The van der Waals surface area contributed by atoms with Crippen LogP contribution in [0.5, 0.6) is 0 Å². The van der Waals surface area contributed by atoms with Gasteiger partial charge >= 0.3 is 5.97 Å². The Morgan fingerprint density at radius 1 is 1.15 bits per heavy atom. The van der Waals surface area contributed by atoms with Gasteiger partial charge in [0.2, 0.25) is 0 Å². The molecule has 1 aromatic heterocycles. The molecule has 0 fully saturated rings. The molecule has 5 nitrogen and oxygen atoms in total. The van der Waals surface area contributed by atoms with Crippen LogP contribution < -0.4 is 0 Å². The third-order valence-electron chi connectivity index (χ3n) is 3.61. The third-order valence-corrected chi connectivity index (χ3v) is 3.61. The van der Waals surface area contributed by atoms with Gasteiger partial charge in [-0.1, -0.05) is 17.2 Å². The minimum Gasteiger partial charge on any atom is -0.464 e. The van der Waals surface area contributed by atoms with Gasteiger partial charge in [0.1, 0.15) is 11.9 Å². The van der Waals surface area contributed by atoms with E-state index in [1.54, 1.807) is 6.07 Å². The number of hydrogen-bond acceptors (Lipinski definition) is 5. The maximum atomic E-state index is 12.0. The van der Waals surface area contributed by atoms with Crippen molar-refractivity contribution in [3.63, 3.8) is 0 Å². The molecule has 136 valence electrons. The number of allylic oxidation sites excluding steroid dienone is 6. The van der Waals surface area contributed by atoms with E-state index in [9.17, 15) is 14.4 Å². The summed E-state index contributed by atoms with van der Waals surface area (Å²) in [5.74, 6) is -0.726. The molecule has 5 heteroatoms. The van der Waals surface area contributed by atoms with E-state index in [2.05, 4.69) is 0 Å². The zero-order valence-electron chi connectivity index (χ0n) is 15.4. The van der Waals surface area contributed by atoms with Gasteiger partial charge in [0.25, 0.3) is 0 Å². The SMILES string of the molecule is CC(C)=CCC(OC(=O)C=C(C)C)c1coc(C2=CC(=O)C=CC2=O)c1. The molecule has 0 N–H and O–H groups in total. The van der Waals surface area contributed by atoms with Crippen molar-refractivity contribution in [3.05, 3.63) is 65.2 Å². The van der Waals surface area contributed by atoms with Gasteiger partial charge in [-0.05, 0) is 45.9 Å². The van der Waals surface area contributed by atoms with E-state index in [0.717, 1.165) is 11.1 Å². The third kappa shape index (κ3) is 5.28. The van der Waals surface area contributed by atoms with Crippen LogP contribution in [-0.4, -0.2) is 17.5 Å². The molecule has 0 radical (unpaired) electrons. The molecule has 0 saturated carbocycles. The molecular weight excluding hydrogens is 332 g/mol. The molecule has 1 atom stereocenters. The zero-order valence-corrected chi connectivity index (χ0v) is 15.4. The lowest BCUT2D eigenvalue weighted by Crippen LogP contribution is -2.09. The number of furan rings is 1. The second-order valence-corrected chi connectivity index (χ2v) is 6.57. The molecule has 1 aliphatic carbocycles. The summed E-state index contributed by atoms with van der Waals surface area (Å²) < 4.78 is 11.0. The molecule has 0 aromatic carbocycles. The minimum atomic E-state index is -0.545. The predicted octanol–water partition coefficient (Wildman–Crippen LogP) is 4.28. The van der Waals surface area contributed by atoms with Gasteiger partial charge in [0, 0.05) is 24.1 Å². The predicted molar refractivity (Wildman–Crippen MR) is 98.2 cm³/mol. The highest BCUT2D eigenvalue weighted by molar-refractivity contribution is 6.33. The topological polar surface area (TPSA) is 73.6 Å². The van der Waals surface area contributed by atoms with Gasteiger partial charge in [-0.15, -0.1) is 0 Å². The van der Waals surface area contributed by atoms with Crippen molar-refractivity contribution in [3.8, 4) is 0 Å². The molecule has 0 spiro atoms. The number of rotatable bonds is 6. The van der Waals surface area contributed by atoms with Crippen LogP contribution in [0.25, 0.3) is 5.57 Å². The maximum Gasteiger partial charge on any atom is 0.331 e. The van der Waals surface area contributed by atoms with Crippen LogP contribution in [0, 0.1) is 0 Å². The molecule has 26 heavy (non-hydrogen) atoms. The summed E-state index contributed by atoms with van der Waals surface area (Å²) in [7, 11) is 0. The van der Waals surface area contributed by atoms with Gasteiger partial charge in [0.05, 0.1) is 11.8 Å². The normalized spacial score (nSPS) is 14.5. The molecule has 0 saturated heterocycles. The summed E-state index contributed by atoms with van der Waals surface area (Å²) in [5.41, 5.74) is 2.76. The molecule has 1 heterocycles. The number of carbonyl (C=O) groups is 3. The fourth-order valence-electron chi connectivity index (χ4n) is 2.37. The lowest BCUT2D eigenvalue weighted by molar-refractivity contribution is -0.143. The van der Waals surface area contributed by atoms with Gasteiger partial charge < -0.3 is 9.15 Å². The number of carbonyl (C=O) groups excluding carboxylic acids is 3. The highest BCUT2D eigenvalue weighted by atomic mass is 16.5. The average Bonchev–Trinajstić information content (AvgIpc) is 3.02. The lowest BCUT2D eigenvalue weighted by Gasteiger charge is -2.14. The zero-order chi connectivity index (χ0) is 19.3. The van der Waals surface area contributed by atoms with Crippen molar-refractivity contribution >= 4 is 23.1 Å². The Bertz CT molecular complexity index is 838. The molecule has 0 amide bonds. The summed E-state index contributed by atoms with van der Waals surface area (Å²) in [6.07, 6.45) is 8.45. The summed E-state index contributed by atoms with van der Waals surface area (Å²) in [6.45, 7) is 7.54. The highest BCUT2D eigenvalue weighted by Crippen LogP contribution is 2.29. The molecular formula is C21H22O5. The first-order chi connectivity index (χ1) is 12.3. The van der Waals surface area contributed by atoms with E-state index in [4.69, 9.17) is 9.15 Å². The second kappa shape index (κ2) is 8.43.